The number of nitrogens with zero attached hydrogens (tertiary/aromatic N) is 1. The van der Waals surface area contributed by atoms with Crippen LogP contribution in [-0.4, -0.2) is 17.4 Å². The molecule has 0 saturated heterocycles. The summed E-state index contributed by atoms with van der Waals surface area (Å²) in [7, 11) is 0. The number of hydrogen-bond donors (Lipinski definition) is 2. The summed E-state index contributed by atoms with van der Waals surface area (Å²) in [4.78, 5) is 16.5. The third-order valence-corrected chi connectivity index (χ3v) is 3.84. The Hall–Kier alpha value is -1.72. The highest BCUT2D eigenvalue weighted by molar-refractivity contribution is 9.10. The van der Waals surface area contributed by atoms with Crippen LogP contribution in [0.15, 0.2) is 47.2 Å². The topological polar surface area (TPSA) is 54.0 Å². The van der Waals surface area contributed by atoms with Gasteiger partial charge in [-0.3, -0.25) is 4.79 Å². The molecule has 0 radical (unpaired) electrons. The van der Waals surface area contributed by atoms with E-state index in [0.717, 1.165) is 23.1 Å². The molecule has 102 valence electrons. The van der Waals surface area contributed by atoms with Crippen LogP contribution in [0.1, 0.15) is 17.2 Å². The first-order valence-electron chi connectivity index (χ1n) is 6.47. The number of benzene rings is 1. The van der Waals surface area contributed by atoms with E-state index in [1.807, 2.05) is 24.3 Å². The van der Waals surface area contributed by atoms with Gasteiger partial charge in [-0.05, 0) is 45.6 Å². The van der Waals surface area contributed by atoms with E-state index < -0.39 is 0 Å². The highest BCUT2D eigenvalue weighted by Crippen LogP contribution is 2.24. The maximum absolute atomic E-state index is 12.4. The zero-order valence-corrected chi connectivity index (χ0v) is 12.4. The van der Waals surface area contributed by atoms with Gasteiger partial charge in [-0.15, -0.1) is 0 Å². The lowest BCUT2D eigenvalue weighted by Gasteiger charge is -2.25. The lowest BCUT2D eigenvalue weighted by molar-refractivity contribution is -0.118. The van der Waals surface area contributed by atoms with Gasteiger partial charge in [0.2, 0.25) is 5.91 Å². The Kier molecular flexibility index (Phi) is 3.80. The molecule has 2 N–H and O–H groups in total. The van der Waals surface area contributed by atoms with Crippen molar-refractivity contribution < 1.29 is 4.79 Å². The van der Waals surface area contributed by atoms with E-state index in [9.17, 15) is 4.79 Å². The van der Waals surface area contributed by atoms with Crippen LogP contribution in [0.5, 0.6) is 0 Å². The van der Waals surface area contributed by atoms with E-state index in [1.54, 1.807) is 12.3 Å². The zero-order valence-electron chi connectivity index (χ0n) is 10.8. The van der Waals surface area contributed by atoms with Gasteiger partial charge >= 0.3 is 0 Å². The molecule has 1 aromatic heterocycles. The fourth-order valence-corrected chi connectivity index (χ4v) is 2.64. The Morgan fingerprint density at radius 2 is 2.15 bits per heavy atom. The van der Waals surface area contributed by atoms with Gasteiger partial charge in [0.25, 0.3) is 0 Å². The third kappa shape index (κ3) is 2.73. The molecule has 1 amide bonds. The van der Waals surface area contributed by atoms with E-state index in [1.165, 1.54) is 5.56 Å². The second-order valence-corrected chi connectivity index (χ2v) is 5.51. The fraction of sp³-hybridized carbons (Fsp3) is 0.200. The predicted octanol–water partition coefficient (Wildman–Crippen LogP) is 2.67. The van der Waals surface area contributed by atoms with E-state index in [0.29, 0.717) is 5.69 Å². The number of rotatable bonds is 2. The Bertz CT molecular complexity index is 627. The summed E-state index contributed by atoms with van der Waals surface area (Å²) in [5, 5.41) is 6.16. The van der Waals surface area contributed by atoms with Crippen molar-refractivity contribution in [3.63, 3.8) is 0 Å². The Morgan fingerprint density at radius 3 is 2.95 bits per heavy atom. The Balaban J connectivity index is 1.80. The molecular formula is C15H14BrN3O. The summed E-state index contributed by atoms with van der Waals surface area (Å²) in [6.07, 6.45) is 2.59. The molecule has 5 heteroatoms. The molecule has 0 aliphatic carbocycles. The number of hydrogen-bond acceptors (Lipinski definition) is 3. The molecule has 2 aromatic rings. The number of amides is 1. The molecular weight excluding hydrogens is 318 g/mol. The lowest BCUT2D eigenvalue weighted by Crippen LogP contribution is -2.38. The number of aromatic nitrogens is 1. The Morgan fingerprint density at radius 1 is 1.30 bits per heavy atom. The fourth-order valence-electron chi connectivity index (χ4n) is 2.40. The van der Waals surface area contributed by atoms with Crippen molar-refractivity contribution in [3.05, 3.63) is 58.3 Å². The highest BCUT2D eigenvalue weighted by atomic mass is 79.9. The predicted molar refractivity (Wildman–Crippen MR) is 81.5 cm³/mol. The van der Waals surface area contributed by atoms with Crippen LogP contribution in [0.2, 0.25) is 0 Å². The monoisotopic (exact) mass is 331 g/mol. The summed E-state index contributed by atoms with van der Waals surface area (Å²) in [5.74, 6) is -0.0544. The first-order valence-corrected chi connectivity index (χ1v) is 7.27. The molecule has 1 aliphatic rings. The number of carbonyl (C=O) groups excluding carboxylic acids is 1. The normalized spacial score (nSPS) is 17.4. The minimum Gasteiger partial charge on any atom is -0.323 e. The molecule has 0 spiro atoms. The molecule has 0 fully saturated rings. The number of nitrogens with one attached hydrogen (secondary N) is 2. The highest BCUT2D eigenvalue weighted by Gasteiger charge is 2.25. The number of carbonyl (C=O) groups is 1. The summed E-state index contributed by atoms with van der Waals surface area (Å²) in [5.41, 5.74) is 2.99. The van der Waals surface area contributed by atoms with Crippen LogP contribution in [0, 0.1) is 0 Å². The third-order valence-electron chi connectivity index (χ3n) is 3.37. The molecule has 0 bridgehead atoms. The quantitative estimate of drug-likeness (QED) is 0.832. The zero-order chi connectivity index (χ0) is 13.9. The van der Waals surface area contributed by atoms with Gasteiger partial charge in [-0.2, -0.15) is 0 Å². The lowest BCUT2D eigenvalue weighted by atomic mass is 9.94. The van der Waals surface area contributed by atoms with Crippen molar-refractivity contribution in [3.8, 4) is 0 Å². The molecule has 20 heavy (non-hydrogen) atoms. The van der Waals surface area contributed by atoms with Crippen LogP contribution in [0.3, 0.4) is 0 Å². The molecule has 1 aliphatic heterocycles. The van der Waals surface area contributed by atoms with Crippen LogP contribution in [-0.2, 0) is 11.2 Å². The van der Waals surface area contributed by atoms with Gasteiger partial charge in [-0.1, -0.05) is 24.3 Å². The molecule has 1 aromatic carbocycles. The van der Waals surface area contributed by atoms with Crippen LogP contribution in [0.4, 0.5) is 5.69 Å². The second-order valence-electron chi connectivity index (χ2n) is 4.69. The Labute approximate surface area is 125 Å². The van der Waals surface area contributed by atoms with E-state index in [-0.39, 0.29) is 11.9 Å². The summed E-state index contributed by atoms with van der Waals surface area (Å²) >= 11 is 3.27. The smallest absolute Gasteiger partial charge is 0.246 e. The number of anilines is 1. The van der Waals surface area contributed by atoms with E-state index in [2.05, 4.69) is 37.6 Å². The molecule has 3 rings (SSSR count). The minimum absolute atomic E-state index is 0.0544. The first-order chi connectivity index (χ1) is 9.74. The van der Waals surface area contributed by atoms with Gasteiger partial charge in [0.15, 0.2) is 0 Å². The maximum Gasteiger partial charge on any atom is 0.246 e. The SMILES string of the molecule is O=C(Nc1ccc(Br)nc1)C1NCCc2ccccc21. The average molecular weight is 332 g/mol. The molecule has 2 heterocycles. The minimum atomic E-state index is -0.302. The molecule has 0 saturated carbocycles. The average Bonchev–Trinajstić information content (AvgIpc) is 2.49. The van der Waals surface area contributed by atoms with Gasteiger partial charge < -0.3 is 10.6 Å². The number of pyridine rings is 1. The number of fused-ring (bicyclic) bond motifs is 1. The van der Waals surface area contributed by atoms with Crippen molar-refractivity contribution in [1.82, 2.24) is 10.3 Å². The maximum atomic E-state index is 12.4. The van der Waals surface area contributed by atoms with Crippen LogP contribution in [0.25, 0.3) is 0 Å². The van der Waals surface area contributed by atoms with Crippen molar-refractivity contribution in [2.24, 2.45) is 0 Å². The summed E-state index contributed by atoms with van der Waals surface area (Å²) in [6, 6.07) is 11.4. The van der Waals surface area contributed by atoms with Gasteiger partial charge in [0.1, 0.15) is 10.6 Å². The van der Waals surface area contributed by atoms with E-state index >= 15 is 0 Å². The second kappa shape index (κ2) is 5.73. The summed E-state index contributed by atoms with van der Waals surface area (Å²) < 4.78 is 0.747. The molecule has 1 atom stereocenters. The van der Waals surface area contributed by atoms with Crippen molar-refractivity contribution in [2.45, 2.75) is 12.5 Å². The van der Waals surface area contributed by atoms with Gasteiger partial charge in [-0.25, -0.2) is 4.98 Å². The van der Waals surface area contributed by atoms with Crippen LogP contribution >= 0.6 is 15.9 Å². The van der Waals surface area contributed by atoms with Gasteiger partial charge in [0.05, 0.1) is 11.9 Å². The van der Waals surface area contributed by atoms with E-state index in [4.69, 9.17) is 0 Å². The van der Waals surface area contributed by atoms with Crippen LogP contribution < -0.4 is 10.6 Å². The van der Waals surface area contributed by atoms with Crippen molar-refractivity contribution in [1.29, 1.82) is 0 Å². The largest absolute Gasteiger partial charge is 0.323 e. The number of halogens is 1. The molecule has 1 unspecified atom stereocenters. The summed E-state index contributed by atoms with van der Waals surface area (Å²) in [6.45, 7) is 0.813. The first kappa shape index (κ1) is 13.3. The van der Waals surface area contributed by atoms with Crippen molar-refractivity contribution in [2.75, 3.05) is 11.9 Å². The van der Waals surface area contributed by atoms with Crippen molar-refractivity contribution >= 4 is 27.5 Å². The van der Waals surface area contributed by atoms with Gasteiger partial charge in [0, 0.05) is 6.54 Å². The standard InChI is InChI=1S/C15H14BrN3O/c16-13-6-5-11(9-18-13)19-15(20)14-12-4-2-1-3-10(12)7-8-17-14/h1-6,9,14,17H,7-8H2,(H,19,20). The molecule has 4 nitrogen and oxygen atoms in total.